The lowest BCUT2D eigenvalue weighted by Gasteiger charge is -2.11. The number of aliphatic hydroxyl groups excluding tert-OH is 1. The molecule has 0 saturated carbocycles. The second-order valence-electron chi connectivity index (χ2n) is 4.31. The van der Waals surface area contributed by atoms with Gasteiger partial charge in [-0.1, -0.05) is 37.3 Å². The number of aryl methyl sites for hydroxylation is 1. The van der Waals surface area contributed by atoms with Crippen LogP contribution in [0.15, 0.2) is 48.5 Å². The molecule has 0 heterocycles. The lowest BCUT2D eigenvalue weighted by Crippen LogP contribution is -1.92. The van der Waals surface area contributed by atoms with Crippen molar-refractivity contribution >= 4 is 0 Å². The average Bonchev–Trinajstić information content (AvgIpc) is 2.40. The Morgan fingerprint density at radius 2 is 1.72 bits per heavy atom. The van der Waals surface area contributed by atoms with E-state index in [1.165, 1.54) is 5.56 Å². The van der Waals surface area contributed by atoms with Gasteiger partial charge in [-0.05, 0) is 42.7 Å². The molecule has 2 rings (SSSR count). The van der Waals surface area contributed by atoms with Crippen molar-refractivity contribution in [3.05, 3.63) is 59.7 Å². The van der Waals surface area contributed by atoms with Gasteiger partial charge in [-0.25, -0.2) is 0 Å². The highest BCUT2D eigenvalue weighted by atomic mass is 16.5. The van der Waals surface area contributed by atoms with Crippen LogP contribution in [0, 0.1) is 0 Å². The molecule has 0 radical (unpaired) electrons. The zero-order valence-electron chi connectivity index (χ0n) is 10.8. The number of ether oxygens (including phenoxy) is 1. The van der Waals surface area contributed by atoms with Crippen LogP contribution in [0.5, 0.6) is 11.5 Å². The average molecular weight is 242 g/mol. The maximum Gasteiger partial charge on any atom is 0.130 e. The summed E-state index contributed by atoms with van der Waals surface area (Å²) in [6.45, 7) is 3.86. The van der Waals surface area contributed by atoms with Crippen LogP contribution >= 0.6 is 0 Å². The minimum Gasteiger partial charge on any atom is -0.457 e. The van der Waals surface area contributed by atoms with Crippen LogP contribution in [-0.4, -0.2) is 5.11 Å². The van der Waals surface area contributed by atoms with Gasteiger partial charge in [0.25, 0.3) is 0 Å². The molecule has 0 aromatic heterocycles. The van der Waals surface area contributed by atoms with E-state index in [1.807, 2.05) is 42.5 Å². The number of rotatable bonds is 4. The van der Waals surface area contributed by atoms with Crippen molar-refractivity contribution < 1.29 is 9.84 Å². The fourth-order valence-corrected chi connectivity index (χ4v) is 1.84. The molecule has 2 aromatic rings. The lowest BCUT2D eigenvalue weighted by atomic mass is 10.1. The molecule has 0 aliphatic rings. The second-order valence-corrected chi connectivity index (χ2v) is 4.31. The van der Waals surface area contributed by atoms with E-state index in [0.29, 0.717) is 0 Å². The van der Waals surface area contributed by atoms with Crippen LogP contribution in [0.25, 0.3) is 0 Å². The van der Waals surface area contributed by atoms with Gasteiger partial charge in [-0.2, -0.15) is 0 Å². The Kier molecular flexibility index (Phi) is 4.00. The highest BCUT2D eigenvalue weighted by molar-refractivity contribution is 5.38. The summed E-state index contributed by atoms with van der Waals surface area (Å²) in [5.41, 5.74) is 2.09. The molecule has 18 heavy (non-hydrogen) atoms. The summed E-state index contributed by atoms with van der Waals surface area (Å²) in [7, 11) is 0. The van der Waals surface area contributed by atoms with Crippen LogP contribution in [0.4, 0.5) is 0 Å². The van der Waals surface area contributed by atoms with E-state index < -0.39 is 6.10 Å². The standard InChI is InChI=1S/C16H18O2/c1-3-13-6-4-5-7-16(13)18-15-10-8-14(9-11-15)12(2)17/h4-12,17H,3H2,1-2H3. The van der Waals surface area contributed by atoms with Crippen LogP contribution in [0.1, 0.15) is 31.1 Å². The molecule has 1 unspecified atom stereocenters. The minimum absolute atomic E-state index is 0.443. The zero-order chi connectivity index (χ0) is 13.0. The summed E-state index contributed by atoms with van der Waals surface area (Å²) >= 11 is 0. The summed E-state index contributed by atoms with van der Waals surface area (Å²) in [5.74, 6) is 1.69. The van der Waals surface area contributed by atoms with E-state index in [2.05, 4.69) is 13.0 Å². The summed E-state index contributed by atoms with van der Waals surface area (Å²) in [5, 5.41) is 9.45. The van der Waals surface area contributed by atoms with E-state index in [4.69, 9.17) is 4.74 Å². The molecule has 2 heteroatoms. The van der Waals surface area contributed by atoms with Crippen molar-refractivity contribution in [1.82, 2.24) is 0 Å². The third-order valence-corrected chi connectivity index (χ3v) is 2.94. The van der Waals surface area contributed by atoms with Gasteiger partial charge in [0.2, 0.25) is 0 Å². The Balaban J connectivity index is 2.18. The van der Waals surface area contributed by atoms with E-state index in [9.17, 15) is 5.11 Å². The Morgan fingerprint density at radius 1 is 1.06 bits per heavy atom. The molecule has 0 spiro atoms. The number of para-hydroxylation sites is 1. The Morgan fingerprint density at radius 3 is 2.33 bits per heavy atom. The van der Waals surface area contributed by atoms with Crippen LogP contribution in [0.2, 0.25) is 0 Å². The fourth-order valence-electron chi connectivity index (χ4n) is 1.84. The zero-order valence-corrected chi connectivity index (χ0v) is 10.8. The van der Waals surface area contributed by atoms with E-state index in [0.717, 1.165) is 23.5 Å². The van der Waals surface area contributed by atoms with Gasteiger partial charge in [0.15, 0.2) is 0 Å². The van der Waals surface area contributed by atoms with Gasteiger partial charge in [0.05, 0.1) is 6.10 Å². The van der Waals surface area contributed by atoms with Gasteiger partial charge in [-0.3, -0.25) is 0 Å². The van der Waals surface area contributed by atoms with Crippen molar-refractivity contribution in [2.75, 3.05) is 0 Å². The number of hydrogen-bond donors (Lipinski definition) is 1. The van der Waals surface area contributed by atoms with Crippen molar-refractivity contribution in [2.45, 2.75) is 26.4 Å². The molecule has 1 N–H and O–H groups in total. The molecule has 0 aliphatic heterocycles. The summed E-state index contributed by atoms with van der Waals surface area (Å²) < 4.78 is 5.85. The normalized spacial score (nSPS) is 12.2. The Labute approximate surface area is 108 Å². The summed E-state index contributed by atoms with van der Waals surface area (Å²) in [4.78, 5) is 0. The summed E-state index contributed by atoms with van der Waals surface area (Å²) in [6, 6.07) is 15.6. The first kappa shape index (κ1) is 12.7. The second kappa shape index (κ2) is 5.69. The molecule has 94 valence electrons. The lowest BCUT2D eigenvalue weighted by molar-refractivity contribution is 0.199. The van der Waals surface area contributed by atoms with Gasteiger partial charge in [0, 0.05) is 0 Å². The minimum atomic E-state index is -0.443. The van der Waals surface area contributed by atoms with E-state index >= 15 is 0 Å². The molecular formula is C16H18O2. The number of benzene rings is 2. The Bertz CT molecular complexity index is 501. The smallest absolute Gasteiger partial charge is 0.130 e. The maximum atomic E-state index is 9.45. The van der Waals surface area contributed by atoms with Crippen molar-refractivity contribution in [3.8, 4) is 11.5 Å². The Hall–Kier alpha value is -1.80. The molecule has 0 saturated heterocycles. The molecule has 2 aromatic carbocycles. The van der Waals surface area contributed by atoms with Crippen LogP contribution in [-0.2, 0) is 6.42 Å². The van der Waals surface area contributed by atoms with Crippen molar-refractivity contribution in [2.24, 2.45) is 0 Å². The molecule has 0 aliphatic carbocycles. The molecule has 1 atom stereocenters. The molecule has 2 nitrogen and oxygen atoms in total. The maximum absolute atomic E-state index is 9.45. The monoisotopic (exact) mass is 242 g/mol. The number of hydrogen-bond acceptors (Lipinski definition) is 2. The quantitative estimate of drug-likeness (QED) is 0.874. The third kappa shape index (κ3) is 2.90. The van der Waals surface area contributed by atoms with Crippen LogP contribution < -0.4 is 4.74 Å². The van der Waals surface area contributed by atoms with Crippen molar-refractivity contribution in [3.63, 3.8) is 0 Å². The van der Waals surface area contributed by atoms with Crippen molar-refractivity contribution in [1.29, 1.82) is 0 Å². The van der Waals surface area contributed by atoms with Gasteiger partial charge >= 0.3 is 0 Å². The molecule has 0 bridgehead atoms. The highest BCUT2D eigenvalue weighted by Crippen LogP contribution is 2.26. The van der Waals surface area contributed by atoms with E-state index in [1.54, 1.807) is 6.92 Å². The largest absolute Gasteiger partial charge is 0.457 e. The topological polar surface area (TPSA) is 29.5 Å². The molecule has 0 fully saturated rings. The van der Waals surface area contributed by atoms with Gasteiger partial charge in [0.1, 0.15) is 11.5 Å². The van der Waals surface area contributed by atoms with E-state index in [-0.39, 0.29) is 0 Å². The first-order valence-electron chi connectivity index (χ1n) is 6.24. The third-order valence-electron chi connectivity index (χ3n) is 2.94. The predicted molar refractivity (Wildman–Crippen MR) is 73.0 cm³/mol. The predicted octanol–water partition coefficient (Wildman–Crippen LogP) is 4.09. The van der Waals surface area contributed by atoms with Crippen LogP contribution in [0.3, 0.4) is 0 Å². The highest BCUT2D eigenvalue weighted by Gasteiger charge is 2.04. The summed E-state index contributed by atoms with van der Waals surface area (Å²) in [6.07, 6.45) is 0.504. The van der Waals surface area contributed by atoms with Gasteiger partial charge < -0.3 is 9.84 Å². The molecule has 0 amide bonds. The molecular weight excluding hydrogens is 224 g/mol. The van der Waals surface area contributed by atoms with Gasteiger partial charge in [-0.15, -0.1) is 0 Å². The first-order chi connectivity index (χ1) is 8.70. The fraction of sp³-hybridized carbons (Fsp3) is 0.250. The SMILES string of the molecule is CCc1ccccc1Oc1ccc(C(C)O)cc1. The first-order valence-corrected chi connectivity index (χ1v) is 6.24. The number of aliphatic hydroxyl groups is 1.